The maximum atomic E-state index is 12.6. The highest BCUT2D eigenvalue weighted by atomic mass is 16.5. The van der Waals surface area contributed by atoms with E-state index < -0.39 is 0 Å². The molecule has 0 aromatic rings. The van der Waals surface area contributed by atoms with Gasteiger partial charge in [-0.3, -0.25) is 4.79 Å². The van der Waals surface area contributed by atoms with E-state index in [0.717, 1.165) is 17.8 Å². The van der Waals surface area contributed by atoms with E-state index >= 15 is 0 Å². The Kier molecular flexibility index (Phi) is 3.51. The number of ether oxygens (including phenoxy) is 1. The summed E-state index contributed by atoms with van der Waals surface area (Å²) in [5.74, 6) is 2.34. The van der Waals surface area contributed by atoms with Crippen LogP contribution in [0.2, 0.25) is 0 Å². The average molecular weight is 274 g/mol. The molecule has 3 aliphatic rings. The molecule has 0 unspecified atom stereocenters. The third kappa shape index (κ3) is 2.34. The van der Waals surface area contributed by atoms with Crippen molar-refractivity contribution in [2.24, 2.45) is 17.3 Å². The van der Waals surface area contributed by atoms with Crippen LogP contribution in [-0.4, -0.2) is 11.9 Å². The lowest BCUT2D eigenvalue weighted by Crippen LogP contribution is -2.42. The second kappa shape index (κ2) is 5.05. The Morgan fingerprint density at radius 1 is 1.20 bits per heavy atom. The first-order valence-electron chi connectivity index (χ1n) is 8.07. The van der Waals surface area contributed by atoms with Crippen molar-refractivity contribution in [3.05, 3.63) is 23.5 Å². The van der Waals surface area contributed by atoms with Gasteiger partial charge in [0.05, 0.1) is 0 Å². The molecule has 0 aromatic carbocycles. The molecule has 0 amide bonds. The summed E-state index contributed by atoms with van der Waals surface area (Å²) >= 11 is 0. The van der Waals surface area contributed by atoms with Crippen LogP contribution in [0.3, 0.4) is 0 Å². The summed E-state index contributed by atoms with van der Waals surface area (Å²) < 4.78 is 6.28. The van der Waals surface area contributed by atoms with Gasteiger partial charge in [0.25, 0.3) is 0 Å². The average Bonchev–Trinajstić information content (AvgIpc) is 2.37. The first kappa shape index (κ1) is 13.9. The fraction of sp³-hybridized carbons (Fsp3) is 0.722. The molecule has 3 atom stereocenters. The lowest BCUT2D eigenvalue weighted by atomic mass is 9.65. The number of carbonyl (C=O) groups excluding carboxylic acids is 1. The molecule has 1 saturated carbocycles. The highest BCUT2D eigenvalue weighted by Gasteiger charge is 2.46. The van der Waals surface area contributed by atoms with Crippen molar-refractivity contribution in [1.29, 1.82) is 0 Å². The van der Waals surface area contributed by atoms with Gasteiger partial charge >= 0.3 is 0 Å². The van der Waals surface area contributed by atoms with Crippen LogP contribution in [0, 0.1) is 17.3 Å². The second-order valence-electron chi connectivity index (χ2n) is 7.44. The van der Waals surface area contributed by atoms with Gasteiger partial charge in [-0.1, -0.05) is 32.8 Å². The molecular formula is C18H26O2. The molecule has 0 saturated heterocycles. The largest absolute Gasteiger partial charge is 0.490 e. The minimum absolute atomic E-state index is 0.0535. The lowest BCUT2D eigenvalue weighted by Gasteiger charge is -2.46. The van der Waals surface area contributed by atoms with Crippen molar-refractivity contribution in [3.63, 3.8) is 0 Å². The molecule has 1 heterocycles. The monoisotopic (exact) mass is 274 g/mol. The number of ketones is 1. The van der Waals surface area contributed by atoms with Crippen molar-refractivity contribution in [2.45, 2.75) is 65.4 Å². The lowest BCUT2D eigenvalue weighted by molar-refractivity contribution is -0.121. The summed E-state index contributed by atoms with van der Waals surface area (Å²) in [5, 5.41) is 0. The molecule has 0 bridgehead atoms. The van der Waals surface area contributed by atoms with Crippen LogP contribution in [0.15, 0.2) is 23.5 Å². The Hall–Kier alpha value is -1.05. The van der Waals surface area contributed by atoms with Gasteiger partial charge in [-0.15, -0.1) is 0 Å². The molecule has 0 radical (unpaired) electrons. The zero-order valence-corrected chi connectivity index (χ0v) is 12.9. The van der Waals surface area contributed by atoms with E-state index in [1.165, 1.54) is 25.7 Å². The van der Waals surface area contributed by atoms with Crippen LogP contribution in [0.4, 0.5) is 0 Å². The Morgan fingerprint density at radius 2 is 1.95 bits per heavy atom. The number of Topliss-reactive ketones (excluding diaryl/α,β-unsaturated/α-hetero) is 1. The van der Waals surface area contributed by atoms with Gasteiger partial charge in [-0.05, 0) is 37.2 Å². The van der Waals surface area contributed by atoms with E-state index in [9.17, 15) is 4.79 Å². The SMILES string of the molecule is C/C=C/[C@@H]1OC2=C(C(=O)CC(C)(C)C2)[C@H]2CCCC[C@@H]12. The summed E-state index contributed by atoms with van der Waals surface area (Å²) in [7, 11) is 0. The minimum atomic E-state index is 0.0535. The number of rotatable bonds is 1. The molecule has 110 valence electrons. The van der Waals surface area contributed by atoms with E-state index in [1.54, 1.807) is 0 Å². The fourth-order valence-corrected chi connectivity index (χ4v) is 4.33. The van der Waals surface area contributed by atoms with Gasteiger partial charge in [0.1, 0.15) is 11.9 Å². The third-order valence-electron chi connectivity index (χ3n) is 5.15. The maximum absolute atomic E-state index is 12.6. The van der Waals surface area contributed by atoms with Crippen LogP contribution in [0.1, 0.15) is 59.3 Å². The molecule has 2 nitrogen and oxygen atoms in total. The highest BCUT2D eigenvalue weighted by Crippen LogP contribution is 2.50. The van der Waals surface area contributed by atoms with Crippen LogP contribution in [0.5, 0.6) is 0 Å². The van der Waals surface area contributed by atoms with Gasteiger partial charge in [0, 0.05) is 24.3 Å². The van der Waals surface area contributed by atoms with Crippen LogP contribution in [0.25, 0.3) is 0 Å². The van der Waals surface area contributed by atoms with Crippen LogP contribution in [-0.2, 0) is 9.53 Å². The van der Waals surface area contributed by atoms with Gasteiger partial charge < -0.3 is 4.74 Å². The minimum Gasteiger partial charge on any atom is -0.490 e. The molecule has 2 aliphatic carbocycles. The highest BCUT2D eigenvalue weighted by molar-refractivity contribution is 5.98. The molecular weight excluding hydrogens is 248 g/mol. The second-order valence-corrected chi connectivity index (χ2v) is 7.44. The number of allylic oxidation sites excluding steroid dienone is 3. The molecule has 0 N–H and O–H groups in total. The summed E-state index contributed by atoms with van der Waals surface area (Å²) in [6, 6.07) is 0. The zero-order valence-electron chi connectivity index (χ0n) is 12.9. The number of hydrogen-bond donors (Lipinski definition) is 0. The van der Waals surface area contributed by atoms with E-state index in [4.69, 9.17) is 4.74 Å². The normalized spacial score (nSPS) is 36.5. The first-order valence-corrected chi connectivity index (χ1v) is 8.07. The van der Waals surface area contributed by atoms with Crippen LogP contribution < -0.4 is 0 Å². The van der Waals surface area contributed by atoms with E-state index in [2.05, 4.69) is 32.9 Å². The Labute approximate surface area is 122 Å². The summed E-state index contributed by atoms with van der Waals surface area (Å²) in [6.45, 7) is 6.41. The maximum Gasteiger partial charge on any atom is 0.163 e. The topological polar surface area (TPSA) is 26.3 Å². The van der Waals surface area contributed by atoms with E-state index in [1.807, 2.05) is 0 Å². The molecule has 3 rings (SSSR count). The number of hydrogen-bond acceptors (Lipinski definition) is 2. The van der Waals surface area contributed by atoms with Crippen molar-refractivity contribution >= 4 is 5.78 Å². The molecule has 0 spiro atoms. The Balaban J connectivity index is 1.99. The van der Waals surface area contributed by atoms with Gasteiger partial charge in [0.2, 0.25) is 0 Å². The van der Waals surface area contributed by atoms with Gasteiger partial charge in [-0.25, -0.2) is 0 Å². The fourth-order valence-electron chi connectivity index (χ4n) is 4.33. The first-order chi connectivity index (χ1) is 9.52. The standard InChI is InChI=1S/C18H26O2/c1-4-7-15-12-8-5-6-9-13(12)17-14(19)10-18(2,3)11-16(17)20-15/h4,7,12-13,15H,5-6,8-11H2,1-3H3/b7-4+/t12-,13+,15+/m1/s1. The summed E-state index contributed by atoms with van der Waals surface area (Å²) in [4.78, 5) is 12.6. The molecule has 2 heteroatoms. The Morgan fingerprint density at radius 3 is 2.70 bits per heavy atom. The number of fused-ring (bicyclic) bond motifs is 2. The zero-order chi connectivity index (χ0) is 14.3. The van der Waals surface area contributed by atoms with Crippen molar-refractivity contribution < 1.29 is 9.53 Å². The molecule has 1 aliphatic heterocycles. The third-order valence-corrected chi connectivity index (χ3v) is 5.15. The molecule has 1 fully saturated rings. The van der Waals surface area contributed by atoms with Crippen molar-refractivity contribution in [1.82, 2.24) is 0 Å². The molecule has 20 heavy (non-hydrogen) atoms. The number of carbonyl (C=O) groups is 1. The predicted molar refractivity (Wildman–Crippen MR) is 80.2 cm³/mol. The van der Waals surface area contributed by atoms with E-state index in [-0.39, 0.29) is 11.5 Å². The summed E-state index contributed by atoms with van der Waals surface area (Å²) in [6.07, 6.45) is 11.0. The van der Waals surface area contributed by atoms with E-state index in [0.29, 0.717) is 24.0 Å². The Bertz CT molecular complexity index is 470. The van der Waals surface area contributed by atoms with Gasteiger partial charge in [0.15, 0.2) is 5.78 Å². The van der Waals surface area contributed by atoms with Crippen molar-refractivity contribution in [2.75, 3.05) is 0 Å². The summed E-state index contributed by atoms with van der Waals surface area (Å²) in [5.41, 5.74) is 1.12. The van der Waals surface area contributed by atoms with Gasteiger partial charge in [-0.2, -0.15) is 0 Å². The van der Waals surface area contributed by atoms with Crippen LogP contribution >= 0.6 is 0 Å². The quantitative estimate of drug-likeness (QED) is 0.662. The predicted octanol–water partition coefficient (Wildman–Crippen LogP) is 4.41. The smallest absolute Gasteiger partial charge is 0.163 e. The van der Waals surface area contributed by atoms with Crippen molar-refractivity contribution in [3.8, 4) is 0 Å². The molecule has 0 aromatic heterocycles.